The number of ether oxygens (including phenoxy) is 1. The van der Waals surface area contributed by atoms with Crippen molar-refractivity contribution in [3.8, 4) is 5.75 Å². The van der Waals surface area contributed by atoms with Crippen molar-refractivity contribution in [2.75, 3.05) is 19.6 Å². The van der Waals surface area contributed by atoms with Gasteiger partial charge in [-0.1, -0.05) is 15.9 Å². The fourth-order valence-corrected chi connectivity index (χ4v) is 2.84. The molecular formula is C15H19BrN2O2. The minimum absolute atomic E-state index is 0.193. The molecule has 1 aromatic carbocycles. The molecule has 1 saturated carbocycles. The van der Waals surface area contributed by atoms with Crippen LogP contribution in [0, 0.1) is 5.92 Å². The molecule has 108 valence electrons. The zero-order valence-corrected chi connectivity index (χ0v) is 12.9. The van der Waals surface area contributed by atoms with E-state index >= 15 is 0 Å². The lowest BCUT2D eigenvalue weighted by molar-refractivity contribution is -0.122. The van der Waals surface area contributed by atoms with Gasteiger partial charge in [0.05, 0.1) is 0 Å². The molecule has 1 unspecified atom stereocenters. The second-order valence-corrected chi connectivity index (χ2v) is 6.38. The Morgan fingerprint density at radius 3 is 3.00 bits per heavy atom. The normalized spacial score (nSPS) is 20.4. The highest BCUT2D eigenvalue weighted by molar-refractivity contribution is 9.10. The molecule has 20 heavy (non-hydrogen) atoms. The first-order valence-electron chi connectivity index (χ1n) is 7.16. The van der Waals surface area contributed by atoms with Crippen molar-refractivity contribution in [1.82, 2.24) is 10.6 Å². The molecule has 1 amide bonds. The van der Waals surface area contributed by atoms with Gasteiger partial charge in [-0.05, 0) is 36.6 Å². The van der Waals surface area contributed by atoms with Crippen molar-refractivity contribution in [2.45, 2.75) is 25.4 Å². The Labute approximate surface area is 127 Å². The lowest BCUT2D eigenvalue weighted by Crippen LogP contribution is -2.37. The molecule has 2 aliphatic rings. The van der Waals surface area contributed by atoms with Crippen molar-refractivity contribution < 1.29 is 9.53 Å². The molecule has 0 radical (unpaired) electrons. The minimum Gasteiger partial charge on any atom is -0.488 e. The van der Waals surface area contributed by atoms with E-state index in [1.54, 1.807) is 0 Å². The third-order valence-corrected chi connectivity index (χ3v) is 4.18. The molecule has 3 rings (SSSR count). The van der Waals surface area contributed by atoms with Gasteiger partial charge in [-0.15, -0.1) is 0 Å². The Morgan fingerprint density at radius 1 is 1.35 bits per heavy atom. The van der Waals surface area contributed by atoms with Gasteiger partial charge in [0.1, 0.15) is 11.9 Å². The number of halogens is 1. The quantitative estimate of drug-likeness (QED) is 0.778. The number of hydrogen-bond acceptors (Lipinski definition) is 3. The van der Waals surface area contributed by atoms with E-state index in [0.717, 1.165) is 42.6 Å². The van der Waals surface area contributed by atoms with Gasteiger partial charge in [0.25, 0.3) is 0 Å². The van der Waals surface area contributed by atoms with E-state index in [1.165, 1.54) is 5.56 Å². The number of benzene rings is 1. The lowest BCUT2D eigenvalue weighted by atomic mass is 10.1. The van der Waals surface area contributed by atoms with E-state index in [0.29, 0.717) is 12.5 Å². The molecular weight excluding hydrogens is 320 g/mol. The van der Waals surface area contributed by atoms with Crippen LogP contribution in [0.15, 0.2) is 22.7 Å². The topological polar surface area (TPSA) is 50.4 Å². The van der Waals surface area contributed by atoms with Gasteiger partial charge in [-0.2, -0.15) is 0 Å². The van der Waals surface area contributed by atoms with Crippen LogP contribution < -0.4 is 15.4 Å². The van der Waals surface area contributed by atoms with Gasteiger partial charge in [-0.25, -0.2) is 0 Å². The SMILES string of the molecule is O=C(NCCNCC1Cc2cc(Br)ccc2O1)C1CC1. The highest BCUT2D eigenvalue weighted by Gasteiger charge is 2.29. The fourth-order valence-electron chi connectivity index (χ4n) is 2.43. The standard InChI is InChI=1S/C15H19BrN2O2/c16-12-3-4-14-11(7-12)8-13(20-14)9-17-5-6-18-15(19)10-1-2-10/h3-4,7,10,13,17H,1-2,5-6,8-9H2,(H,18,19). The summed E-state index contributed by atoms with van der Waals surface area (Å²) in [6.07, 6.45) is 3.25. The molecule has 1 aliphatic heterocycles. The first-order chi connectivity index (χ1) is 9.72. The van der Waals surface area contributed by atoms with Gasteiger partial charge in [-0.3, -0.25) is 4.79 Å². The Bertz CT molecular complexity index is 503. The summed E-state index contributed by atoms with van der Waals surface area (Å²) in [5.41, 5.74) is 1.26. The number of hydrogen-bond donors (Lipinski definition) is 2. The zero-order valence-electron chi connectivity index (χ0n) is 11.3. The molecule has 1 heterocycles. The summed E-state index contributed by atoms with van der Waals surface area (Å²) in [5, 5.41) is 6.29. The summed E-state index contributed by atoms with van der Waals surface area (Å²) < 4.78 is 6.96. The summed E-state index contributed by atoms with van der Waals surface area (Å²) in [4.78, 5) is 11.4. The number of carbonyl (C=O) groups is 1. The number of amides is 1. The van der Waals surface area contributed by atoms with Crippen molar-refractivity contribution in [2.24, 2.45) is 5.92 Å². The van der Waals surface area contributed by atoms with Crippen LogP contribution in [0.2, 0.25) is 0 Å². The predicted octanol–water partition coefficient (Wildman–Crippen LogP) is 1.87. The molecule has 2 N–H and O–H groups in total. The Hall–Kier alpha value is -1.07. The molecule has 5 heteroatoms. The maximum atomic E-state index is 11.4. The molecule has 0 aromatic heterocycles. The Morgan fingerprint density at radius 2 is 2.20 bits per heavy atom. The Balaban J connectivity index is 1.33. The highest BCUT2D eigenvalue weighted by Crippen LogP contribution is 2.31. The summed E-state index contributed by atoms with van der Waals surface area (Å²) in [6, 6.07) is 6.13. The molecule has 0 bridgehead atoms. The molecule has 1 aliphatic carbocycles. The second kappa shape index (κ2) is 6.14. The van der Waals surface area contributed by atoms with Crippen LogP contribution in [-0.2, 0) is 11.2 Å². The predicted molar refractivity (Wildman–Crippen MR) is 80.9 cm³/mol. The molecule has 4 nitrogen and oxygen atoms in total. The van der Waals surface area contributed by atoms with E-state index in [9.17, 15) is 4.79 Å². The molecule has 0 saturated heterocycles. The smallest absolute Gasteiger partial charge is 0.223 e. The van der Waals surface area contributed by atoms with Crippen LogP contribution in [0.1, 0.15) is 18.4 Å². The van der Waals surface area contributed by atoms with Crippen LogP contribution in [0.5, 0.6) is 5.75 Å². The maximum absolute atomic E-state index is 11.4. The van der Waals surface area contributed by atoms with Crippen LogP contribution in [0.4, 0.5) is 0 Å². The first-order valence-corrected chi connectivity index (χ1v) is 7.95. The summed E-state index contributed by atoms with van der Waals surface area (Å²) in [5.74, 6) is 1.49. The summed E-state index contributed by atoms with van der Waals surface area (Å²) >= 11 is 3.48. The van der Waals surface area contributed by atoms with Crippen molar-refractivity contribution in [3.63, 3.8) is 0 Å². The van der Waals surface area contributed by atoms with E-state index in [4.69, 9.17) is 4.74 Å². The van der Waals surface area contributed by atoms with E-state index in [2.05, 4.69) is 32.6 Å². The molecule has 1 atom stereocenters. The van der Waals surface area contributed by atoms with Crippen molar-refractivity contribution >= 4 is 21.8 Å². The van der Waals surface area contributed by atoms with Crippen LogP contribution in [0.3, 0.4) is 0 Å². The monoisotopic (exact) mass is 338 g/mol. The first kappa shape index (κ1) is 13.9. The molecule has 1 aromatic rings. The van der Waals surface area contributed by atoms with E-state index in [-0.39, 0.29) is 12.0 Å². The minimum atomic E-state index is 0.193. The van der Waals surface area contributed by atoms with Crippen molar-refractivity contribution in [3.05, 3.63) is 28.2 Å². The summed E-state index contributed by atoms with van der Waals surface area (Å²) in [6.45, 7) is 2.30. The second-order valence-electron chi connectivity index (χ2n) is 5.47. The van der Waals surface area contributed by atoms with Crippen molar-refractivity contribution in [1.29, 1.82) is 0 Å². The average Bonchev–Trinajstić information content (AvgIpc) is 3.19. The van der Waals surface area contributed by atoms with E-state index < -0.39 is 0 Å². The van der Waals surface area contributed by atoms with Crippen LogP contribution in [0.25, 0.3) is 0 Å². The van der Waals surface area contributed by atoms with Crippen LogP contribution >= 0.6 is 15.9 Å². The fraction of sp³-hybridized carbons (Fsp3) is 0.533. The average molecular weight is 339 g/mol. The lowest BCUT2D eigenvalue weighted by Gasteiger charge is -2.12. The largest absolute Gasteiger partial charge is 0.488 e. The number of carbonyl (C=O) groups excluding carboxylic acids is 1. The highest BCUT2D eigenvalue weighted by atomic mass is 79.9. The van der Waals surface area contributed by atoms with Gasteiger partial charge in [0.2, 0.25) is 5.91 Å². The molecule has 1 fully saturated rings. The maximum Gasteiger partial charge on any atom is 0.223 e. The Kier molecular flexibility index (Phi) is 4.27. The van der Waals surface area contributed by atoms with Gasteiger partial charge < -0.3 is 15.4 Å². The van der Waals surface area contributed by atoms with Gasteiger partial charge >= 0.3 is 0 Å². The number of nitrogens with one attached hydrogen (secondary N) is 2. The van der Waals surface area contributed by atoms with Gasteiger partial charge in [0, 0.05) is 36.4 Å². The third kappa shape index (κ3) is 3.52. The van der Waals surface area contributed by atoms with Gasteiger partial charge in [0.15, 0.2) is 0 Å². The van der Waals surface area contributed by atoms with E-state index in [1.807, 2.05) is 12.1 Å². The zero-order chi connectivity index (χ0) is 13.9. The number of fused-ring (bicyclic) bond motifs is 1. The third-order valence-electron chi connectivity index (χ3n) is 3.68. The van der Waals surface area contributed by atoms with Crippen LogP contribution in [-0.4, -0.2) is 31.6 Å². The molecule has 0 spiro atoms. The summed E-state index contributed by atoms with van der Waals surface area (Å²) in [7, 11) is 0. The number of rotatable bonds is 6.